The second-order valence-electron chi connectivity index (χ2n) is 4.22. The van der Waals surface area contributed by atoms with E-state index >= 15 is 0 Å². The van der Waals surface area contributed by atoms with Crippen molar-refractivity contribution in [2.75, 3.05) is 43.4 Å². The molecule has 0 atom stereocenters. The molecule has 1 aromatic rings. The summed E-state index contributed by atoms with van der Waals surface area (Å²) in [6.45, 7) is 7.38. The second-order valence-corrected chi connectivity index (χ2v) is 5.00. The third-order valence-electron chi connectivity index (χ3n) is 3.27. The van der Waals surface area contributed by atoms with Crippen LogP contribution in [0.15, 0.2) is 12.1 Å². The number of hydrogen-bond acceptors (Lipinski definition) is 3. The van der Waals surface area contributed by atoms with E-state index in [9.17, 15) is 0 Å². The Bertz CT molecular complexity index is 401. The molecule has 1 aliphatic heterocycles. The summed E-state index contributed by atoms with van der Waals surface area (Å²) in [4.78, 5) is 4.69. The first-order valence-electron chi connectivity index (χ1n) is 5.84. The van der Waals surface area contributed by atoms with Gasteiger partial charge in [-0.05, 0) is 18.7 Å². The third-order valence-corrected chi connectivity index (χ3v) is 4.09. The minimum Gasteiger partial charge on any atom is -0.396 e. The van der Waals surface area contributed by atoms with Crippen molar-refractivity contribution in [2.45, 2.75) is 6.92 Å². The van der Waals surface area contributed by atoms with Gasteiger partial charge in [0.2, 0.25) is 0 Å². The molecule has 0 aliphatic carbocycles. The summed E-state index contributed by atoms with van der Waals surface area (Å²) in [5.74, 6) is 0. The van der Waals surface area contributed by atoms with Gasteiger partial charge < -0.3 is 15.5 Å². The average molecular weight is 274 g/mol. The molecule has 0 spiro atoms. The molecule has 0 saturated carbocycles. The Balaban J connectivity index is 2.16. The van der Waals surface area contributed by atoms with E-state index < -0.39 is 0 Å². The number of nitrogens with two attached hydrogens (primary N) is 1. The van der Waals surface area contributed by atoms with E-state index in [4.69, 9.17) is 28.9 Å². The molecule has 3 nitrogen and oxygen atoms in total. The first kappa shape index (κ1) is 12.8. The fraction of sp³-hybridized carbons (Fsp3) is 0.500. The molecule has 0 amide bonds. The fourth-order valence-electron chi connectivity index (χ4n) is 2.14. The Kier molecular flexibility index (Phi) is 4.02. The molecule has 0 bridgehead atoms. The van der Waals surface area contributed by atoms with E-state index in [-0.39, 0.29) is 0 Å². The maximum absolute atomic E-state index is 6.06. The predicted molar refractivity (Wildman–Crippen MR) is 75.2 cm³/mol. The Morgan fingerprint density at radius 2 is 1.82 bits per heavy atom. The molecule has 0 unspecified atom stereocenters. The molecule has 2 N–H and O–H groups in total. The second kappa shape index (κ2) is 5.34. The lowest BCUT2D eigenvalue weighted by atomic mass is 10.2. The molecular weight excluding hydrogens is 257 g/mol. The van der Waals surface area contributed by atoms with Crippen LogP contribution in [-0.2, 0) is 0 Å². The molecule has 5 heteroatoms. The van der Waals surface area contributed by atoms with Crippen molar-refractivity contribution in [1.82, 2.24) is 4.90 Å². The zero-order chi connectivity index (χ0) is 12.4. The molecule has 0 aromatic heterocycles. The van der Waals surface area contributed by atoms with Crippen LogP contribution in [0.5, 0.6) is 0 Å². The molecule has 1 fully saturated rings. The number of likely N-dealkylation sites (N-methyl/N-ethyl adjacent to an activating group) is 1. The topological polar surface area (TPSA) is 32.5 Å². The number of halogens is 2. The largest absolute Gasteiger partial charge is 0.396 e. The highest BCUT2D eigenvalue weighted by Crippen LogP contribution is 2.36. The molecule has 1 aromatic carbocycles. The minimum absolute atomic E-state index is 0.460. The number of anilines is 2. The molecule has 0 radical (unpaired) electrons. The van der Waals surface area contributed by atoms with Crippen molar-refractivity contribution < 1.29 is 0 Å². The Morgan fingerprint density at radius 1 is 1.18 bits per heavy atom. The molecule has 2 rings (SSSR count). The van der Waals surface area contributed by atoms with E-state index in [2.05, 4.69) is 16.7 Å². The van der Waals surface area contributed by atoms with Gasteiger partial charge in [-0.2, -0.15) is 0 Å². The molecular formula is C12H17Cl2N3. The number of hydrogen-bond donors (Lipinski definition) is 1. The third kappa shape index (κ3) is 2.62. The van der Waals surface area contributed by atoms with Gasteiger partial charge >= 0.3 is 0 Å². The average Bonchev–Trinajstić information content (AvgIpc) is 2.36. The van der Waals surface area contributed by atoms with Crippen LogP contribution >= 0.6 is 23.2 Å². The van der Waals surface area contributed by atoms with Crippen molar-refractivity contribution in [1.29, 1.82) is 0 Å². The van der Waals surface area contributed by atoms with Crippen LogP contribution in [0.3, 0.4) is 0 Å². The van der Waals surface area contributed by atoms with E-state index in [0.717, 1.165) is 38.4 Å². The van der Waals surface area contributed by atoms with Gasteiger partial charge in [0.15, 0.2) is 0 Å². The molecule has 1 saturated heterocycles. The normalized spacial score (nSPS) is 17.5. The predicted octanol–water partition coefficient (Wildman–Crippen LogP) is 2.72. The quantitative estimate of drug-likeness (QED) is 0.842. The van der Waals surface area contributed by atoms with Gasteiger partial charge in [0.1, 0.15) is 0 Å². The van der Waals surface area contributed by atoms with Crippen LogP contribution < -0.4 is 10.6 Å². The monoisotopic (exact) mass is 273 g/mol. The van der Waals surface area contributed by atoms with Crippen molar-refractivity contribution in [3.8, 4) is 0 Å². The van der Waals surface area contributed by atoms with Crippen molar-refractivity contribution in [3.05, 3.63) is 22.2 Å². The SMILES string of the molecule is CCN1CCN(c2ccc(Cl)c(Cl)c2N)CC1. The Hall–Kier alpha value is -0.640. The number of piperazine rings is 1. The van der Waals surface area contributed by atoms with Crippen molar-refractivity contribution >= 4 is 34.6 Å². The number of nitrogens with zero attached hydrogens (tertiary/aromatic N) is 2. The summed E-state index contributed by atoms with van der Waals surface area (Å²) in [6.07, 6.45) is 0. The van der Waals surface area contributed by atoms with Gasteiger partial charge in [-0.3, -0.25) is 0 Å². The van der Waals surface area contributed by atoms with Crippen LogP contribution in [0.1, 0.15) is 6.92 Å². The standard InChI is InChI=1S/C12H17Cl2N3/c1-2-16-5-7-17(8-6-16)10-4-3-9(13)11(14)12(10)15/h3-4H,2,5-8,15H2,1H3. The van der Waals surface area contributed by atoms with Crippen LogP contribution in [0, 0.1) is 0 Å². The zero-order valence-electron chi connectivity index (χ0n) is 9.92. The first-order valence-corrected chi connectivity index (χ1v) is 6.60. The summed E-state index contributed by atoms with van der Waals surface area (Å²) < 4.78 is 0. The highest BCUT2D eigenvalue weighted by Gasteiger charge is 2.19. The number of benzene rings is 1. The maximum atomic E-state index is 6.06. The summed E-state index contributed by atoms with van der Waals surface area (Å²) in [7, 11) is 0. The smallest absolute Gasteiger partial charge is 0.0842 e. The molecule has 1 heterocycles. The molecule has 17 heavy (non-hydrogen) atoms. The van der Waals surface area contributed by atoms with Crippen LogP contribution in [0.2, 0.25) is 10.0 Å². The summed E-state index contributed by atoms with van der Waals surface area (Å²) in [5.41, 5.74) is 7.59. The van der Waals surface area contributed by atoms with Crippen LogP contribution in [0.25, 0.3) is 0 Å². The lowest BCUT2D eigenvalue weighted by Gasteiger charge is -2.36. The Morgan fingerprint density at radius 3 is 2.41 bits per heavy atom. The summed E-state index contributed by atoms with van der Waals surface area (Å²) in [5, 5.41) is 0.974. The van der Waals surface area contributed by atoms with Crippen molar-refractivity contribution in [3.63, 3.8) is 0 Å². The van der Waals surface area contributed by atoms with Gasteiger partial charge in [0.25, 0.3) is 0 Å². The minimum atomic E-state index is 0.460. The van der Waals surface area contributed by atoms with E-state index in [1.54, 1.807) is 0 Å². The lowest BCUT2D eigenvalue weighted by Crippen LogP contribution is -2.46. The first-order chi connectivity index (χ1) is 8.13. The van der Waals surface area contributed by atoms with Crippen LogP contribution in [-0.4, -0.2) is 37.6 Å². The van der Waals surface area contributed by atoms with Gasteiger partial charge in [-0.1, -0.05) is 30.1 Å². The van der Waals surface area contributed by atoms with Gasteiger partial charge in [0.05, 0.1) is 21.4 Å². The van der Waals surface area contributed by atoms with E-state index in [0.29, 0.717) is 15.7 Å². The highest BCUT2D eigenvalue weighted by molar-refractivity contribution is 6.44. The zero-order valence-corrected chi connectivity index (χ0v) is 11.4. The van der Waals surface area contributed by atoms with Crippen LogP contribution in [0.4, 0.5) is 11.4 Å². The lowest BCUT2D eigenvalue weighted by molar-refractivity contribution is 0.271. The number of nitrogen functional groups attached to an aromatic ring is 1. The number of rotatable bonds is 2. The highest BCUT2D eigenvalue weighted by atomic mass is 35.5. The molecule has 94 valence electrons. The van der Waals surface area contributed by atoms with Gasteiger partial charge in [-0.25, -0.2) is 0 Å². The maximum Gasteiger partial charge on any atom is 0.0842 e. The summed E-state index contributed by atoms with van der Waals surface area (Å²) >= 11 is 12.0. The van der Waals surface area contributed by atoms with E-state index in [1.807, 2.05) is 12.1 Å². The van der Waals surface area contributed by atoms with Gasteiger partial charge in [0, 0.05) is 26.2 Å². The fourth-order valence-corrected chi connectivity index (χ4v) is 2.46. The summed E-state index contributed by atoms with van der Waals surface area (Å²) in [6, 6.07) is 3.76. The van der Waals surface area contributed by atoms with Crippen molar-refractivity contribution in [2.24, 2.45) is 0 Å². The van der Waals surface area contributed by atoms with E-state index in [1.165, 1.54) is 0 Å². The molecule has 1 aliphatic rings. The Labute approximate surface area is 112 Å². The van der Waals surface area contributed by atoms with Gasteiger partial charge in [-0.15, -0.1) is 0 Å².